The van der Waals surface area contributed by atoms with Gasteiger partial charge in [-0.3, -0.25) is 19.3 Å². The number of nitrogens with zero attached hydrogens (tertiary/aromatic N) is 6. The summed E-state index contributed by atoms with van der Waals surface area (Å²) in [6, 6.07) is 11.0. The Hall–Kier alpha value is -4.29. The van der Waals surface area contributed by atoms with Gasteiger partial charge in [-0.25, -0.2) is 9.97 Å². The predicted octanol–water partition coefficient (Wildman–Crippen LogP) is 3.14. The lowest BCUT2D eigenvalue weighted by atomic mass is 10.0. The van der Waals surface area contributed by atoms with E-state index in [1.54, 1.807) is 6.07 Å². The van der Waals surface area contributed by atoms with E-state index in [2.05, 4.69) is 50.2 Å². The molecule has 2 amide bonds. The fourth-order valence-electron chi connectivity index (χ4n) is 6.60. The van der Waals surface area contributed by atoms with Crippen molar-refractivity contribution in [1.29, 1.82) is 0 Å². The number of carboxylic acids is 1. The van der Waals surface area contributed by atoms with Gasteiger partial charge in [0.15, 0.2) is 0 Å². The van der Waals surface area contributed by atoms with Crippen LogP contribution in [-0.4, -0.2) is 112 Å². The zero-order chi connectivity index (χ0) is 33.3. The lowest BCUT2D eigenvalue weighted by Crippen LogP contribution is -2.52. The maximum atomic E-state index is 13.3. The highest BCUT2D eigenvalue weighted by Gasteiger charge is 2.38. The lowest BCUT2D eigenvalue weighted by Gasteiger charge is -2.32. The number of piperazine rings is 1. The quantitative estimate of drug-likeness (QED) is 0.340. The molecule has 2 aromatic carbocycles. The SMILES string of the molecule is CN1CCN(c2ncc3cc(CN4CCC(Oc5ccc6c(c5)CN(C(CCC(=O)O)C(=O)NC(C)(C)C)C6=O)C4)ccc3n2)CC1. The molecule has 0 radical (unpaired) electrons. The van der Waals surface area contributed by atoms with Crippen LogP contribution >= 0.6 is 0 Å². The van der Waals surface area contributed by atoms with Gasteiger partial charge in [0.1, 0.15) is 17.9 Å². The molecule has 0 spiro atoms. The van der Waals surface area contributed by atoms with Crippen molar-refractivity contribution in [3.8, 4) is 5.75 Å². The van der Waals surface area contributed by atoms with Gasteiger partial charge in [-0.15, -0.1) is 0 Å². The van der Waals surface area contributed by atoms with Crippen molar-refractivity contribution < 1.29 is 24.2 Å². The summed E-state index contributed by atoms with van der Waals surface area (Å²) < 4.78 is 6.38. The van der Waals surface area contributed by atoms with E-state index in [1.807, 2.05) is 39.1 Å². The summed E-state index contributed by atoms with van der Waals surface area (Å²) in [5, 5.41) is 13.2. The highest BCUT2D eigenvalue weighted by atomic mass is 16.5. The smallest absolute Gasteiger partial charge is 0.303 e. The number of aliphatic carboxylic acids is 1. The van der Waals surface area contributed by atoms with Crippen LogP contribution < -0.4 is 15.0 Å². The molecular formula is C35H45N7O5. The first-order chi connectivity index (χ1) is 22.4. The number of likely N-dealkylation sites (tertiary alicyclic amines) is 1. The molecule has 1 aromatic heterocycles. The predicted molar refractivity (Wildman–Crippen MR) is 178 cm³/mol. The summed E-state index contributed by atoms with van der Waals surface area (Å²) in [6.45, 7) is 12.2. The van der Waals surface area contributed by atoms with Gasteiger partial charge in [0.2, 0.25) is 11.9 Å². The largest absolute Gasteiger partial charge is 0.489 e. The maximum absolute atomic E-state index is 13.3. The van der Waals surface area contributed by atoms with Gasteiger partial charge in [0, 0.05) is 81.5 Å². The Labute approximate surface area is 275 Å². The highest BCUT2D eigenvalue weighted by Crippen LogP contribution is 2.31. The van der Waals surface area contributed by atoms with Gasteiger partial charge in [-0.1, -0.05) is 6.07 Å². The van der Waals surface area contributed by atoms with Crippen LogP contribution in [0.5, 0.6) is 5.75 Å². The van der Waals surface area contributed by atoms with Crippen LogP contribution in [-0.2, 0) is 22.7 Å². The molecule has 3 aromatic rings. The Balaban J connectivity index is 1.06. The molecule has 2 fully saturated rings. The van der Waals surface area contributed by atoms with Crippen molar-refractivity contribution in [3.63, 3.8) is 0 Å². The Kier molecular flexibility index (Phi) is 9.34. The number of carboxylic acid groups (broad SMARTS) is 1. The monoisotopic (exact) mass is 643 g/mol. The number of hydrogen-bond donors (Lipinski definition) is 2. The van der Waals surface area contributed by atoms with Crippen molar-refractivity contribution >= 4 is 34.6 Å². The van der Waals surface area contributed by atoms with E-state index in [0.717, 1.165) is 74.6 Å². The topological polar surface area (TPSA) is 131 Å². The van der Waals surface area contributed by atoms with E-state index in [0.29, 0.717) is 11.3 Å². The molecule has 250 valence electrons. The third kappa shape index (κ3) is 7.82. The fourth-order valence-corrected chi connectivity index (χ4v) is 6.60. The molecule has 0 aliphatic carbocycles. The van der Waals surface area contributed by atoms with E-state index >= 15 is 0 Å². The molecule has 0 saturated carbocycles. The average molecular weight is 644 g/mol. The van der Waals surface area contributed by atoms with Gasteiger partial charge in [-0.2, -0.15) is 0 Å². The molecule has 2 saturated heterocycles. The van der Waals surface area contributed by atoms with Crippen molar-refractivity contribution in [1.82, 2.24) is 30.0 Å². The second-order valence-corrected chi connectivity index (χ2v) is 14.1. The van der Waals surface area contributed by atoms with Crippen LogP contribution in [0.4, 0.5) is 5.95 Å². The Morgan fingerprint density at radius 3 is 2.62 bits per heavy atom. The number of anilines is 1. The third-order valence-corrected chi connectivity index (χ3v) is 9.07. The average Bonchev–Trinajstić information content (AvgIpc) is 3.59. The fraction of sp³-hybridized carbons (Fsp3) is 0.514. The van der Waals surface area contributed by atoms with E-state index < -0.39 is 17.6 Å². The number of amides is 2. The van der Waals surface area contributed by atoms with Gasteiger partial charge in [0.25, 0.3) is 5.91 Å². The Morgan fingerprint density at radius 2 is 1.87 bits per heavy atom. The molecule has 2 unspecified atom stereocenters. The molecule has 12 nitrogen and oxygen atoms in total. The minimum absolute atomic E-state index is 0.0112. The van der Waals surface area contributed by atoms with Gasteiger partial charge in [0.05, 0.1) is 5.52 Å². The summed E-state index contributed by atoms with van der Waals surface area (Å²) >= 11 is 0. The minimum atomic E-state index is -1.01. The van der Waals surface area contributed by atoms with E-state index in [4.69, 9.17) is 9.72 Å². The van der Waals surface area contributed by atoms with Gasteiger partial charge in [-0.05, 0) is 82.1 Å². The third-order valence-electron chi connectivity index (χ3n) is 9.07. The van der Waals surface area contributed by atoms with Crippen LogP contribution in [0.15, 0.2) is 42.6 Å². The molecule has 6 rings (SSSR count). The van der Waals surface area contributed by atoms with Crippen LogP contribution in [0.1, 0.15) is 61.5 Å². The van der Waals surface area contributed by atoms with Crippen LogP contribution in [0.3, 0.4) is 0 Å². The van der Waals surface area contributed by atoms with Crippen molar-refractivity contribution in [2.45, 2.75) is 70.8 Å². The molecule has 0 bridgehead atoms. The summed E-state index contributed by atoms with van der Waals surface area (Å²) in [5.41, 5.74) is 2.95. The first kappa shape index (κ1) is 32.6. The van der Waals surface area contributed by atoms with E-state index in [1.165, 1.54) is 10.5 Å². The van der Waals surface area contributed by atoms with Crippen molar-refractivity contribution in [2.75, 3.05) is 51.2 Å². The van der Waals surface area contributed by atoms with Crippen LogP contribution in [0, 0.1) is 0 Å². The Morgan fingerprint density at radius 1 is 1.09 bits per heavy atom. The molecule has 2 N–H and O–H groups in total. The minimum Gasteiger partial charge on any atom is -0.489 e. The molecule has 3 aliphatic heterocycles. The zero-order valence-electron chi connectivity index (χ0n) is 27.7. The molecular weight excluding hydrogens is 598 g/mol. The number of hydrogen-bond acceptors (Lipinski definition) is 9. The molecule has 2 atom stereocenters. The second-order valence-electron chi connectivity index (χ2n) is 14.1. The number of carbonyl (C=O) groups excluding carboxylic acids is 2. The first-order valence-corrected chi connectivity index (χ1v) is 16.5. The van der Waals surface area contributed by atoms with Gasteiger partial charge < -0.3 is 29.9 Å². The van der Waals surface area contributed by atoms with Crippen molar-refractivity contribution in [2.24, 2.45) is 0 Å². The summed E-state index contributed by atoms with van der Waals surface area (Å²) in [6.07, 6.45) is 2.66. The second kappa shape index (κ2) is 13.4. The molecule has 12 heteroatoms. The number of benzene rings is 2. The van der Waals surface area contributed by atoms with E-state index in [-0.39, 0.29) is 37.3 Å². The van der Waals surface area contributed by atoms with Gasteiger partial charge >= 0.3 is 5.97 Å². The number of aromatic nitrogens is 2. The summed E-state index contributed by atoms with van der Waals surface area (Å²) in [5.74, 6) is -0.142. The number of ether oxygens (including phenoxy) is 1. The summed E-state index contributed by atoms with van der Waals surface area (Å²) in [7, 11) is 2.14. The maximum Gasteiger partial charge on any atom is 0.303 e. The number of nitrogens with one attached hydrogen (secondary N) is 1. The number of likely N-dealkylation sites (N-methyl/N-ethyl adjacent to an activating group) is 1. The number of carbonyl (C=O) groups is 3. The van der Waals surface area contributed by atoms with E-state index in [9.17, 15) is 19.5 Å². The first-order valence-electron chi connectivity index (χ1n) is 16.5. The zero-order valence-corrected chi connectivity index (χ0v) is 27.7. The highest BCUT2D eigenvalue weighted by molar-refractivity contribution is 6.01. The molecule has 3 aliphatic rings. The number of fused-ring (bicyclic) bond motifs is 2. The normalized spacial score (nSPS) is 19.7. The standard InChI is InChI=1S/C35H45N7O5/c1-35(2,3)38-32(45)30(9-10-31(43)44)42-21-25-18-26(6-7-28(25)33(42)46)47-27-11-12-40(22-27)20-23-5-8-29-24(17-23)19-36-34(37-29)41-15-13-39(4)14-16-41/h5-8,17-19,27,30H,9-16,20-22H2,1-4H3,(H,38,45)(H,43,44). The lowest BCUT2D eigenvalue weighted by molar-refractivity contribution is -0.137. The molecule has 4 heterocycles. The molecule has 47 heavy (non-hydrogen) atoms. The van der Waals surface area contributed by atoms with Crippen LogP contribution in [0.2, 0.25) is 0 Å². The summed E-state index contributed by atoms with van der Waals surface area (Å²) in [4.78, 5) is 55.7. The van der Waals surface area contributed by atoms with Crippen molar-refractivity contribution in [3.05, 3.63) is 59.3 Å². The number of rotatable bonds is 10. The van der Waals surface area contributed by atoms with Crippen LogP contribution in [0.25, 0.3) is 10.9 Å². The Bertz CT molecular complexity index is 1650.